The first-order valence-electron chi connectivity index (χ1n) is 6.15. The van der Waals surface area contributed by atoms with E-state index in [-0.39, 0.29) is 6.42 Å². The zero-order chi connectivity index (χ0) is 14.7. The Labute approximate surface area is 134 Å². The quantitative estimate of drug-likeness (QED) is 0.548. The van der Waals surface area contributed by atoms with Gasteiger partial charge in [0.1, 0.15) is 22.6 Å². The van der Waals surface area contributed by atoms with Crippen molar-refractivity contribution in [1.82, 2.24) is 9.97 Å². The summed E-state index contributed by atoms with van der Waals surface area (Å²) in [6, 6.07) is 3.39. The van der Waals surface area contributed by atoms with Gasteiger partial charge in [0.15, 0.2) is 0 Å². The molecule has 0 bridgehead atoms. The first-order chi connectivity index (χ1) is 9.49. The van der Waals surface area contributed by atoms with Crippen LogP contribution in [0.2, 0.25) is 5.15 Å². The molecule has 0 N–H and O–H groups in total. The van der Waals surface area contributed by atoms with Crippen LogP contribution in [0.25, 0.3) is 0 Å². The molecule has 0 radical (unpaired) electrons. The van der Waals surface area contributed by atoms with Gasteiger partial charge in [-0.1, -0.05) is 24.9 Å². The first-order valence-corrected chi connectivity index (χ1v) is 7.61. The van der Waals surface area contributed by atoms with Gasteiger partial charge in [0.25, 0.3) is 0 Å². The molecule has 2 rings (SSSR count). The van der Waals surface area contributed by atoms with E-state index in [0.29, 0.717) is 16.5 Å². The minimum Gasteiger partial charge on any atom is -0.236 e. The normalized spacial score (nSPS) is 10.8. The van der Waals surface area contributed by atoms with Gasteiger partial charge in [-0.2, -0.15) is 0 Å². The molecule has 0 aliphatic heterocycles. The van der Waals surface area contributed by atoms with Crippen molar-refractivity contribution in [2.75, 3.05) is 0 Å². The second kappa shape index (κ2) is 6.76. The van der Waals surface area contributed by atoms with Gasteiger partial charge >= 0.3 is 0 Å². The second-order valence-electron chi connectivity index (χ2n) is 4.40. The summed E-state index contributed by atoms with van der Waals surface area (Å²) in [6.45, 7) is 2.05. The average Bonchev–Trinajstić information content (AvgIpc) is 2.34. The van der Waals surface area contributed by atoms with Crippen LogP contribution in [0.3, 0.4) is 0 Å². The molecule has 0 fully saturated rings. The lowest BCUT2D eigenvalue weighted by Gasteiger charge is -2.08. The van der Waals surface area contributed by atoms with Gasteiger partial charge in [0, 0.05) is 12.5 Å². The van der Waals surface area contributed by atoms with E-state index in [1.54, 1.807) is 0 Å². The van der Waals surface area contributed by atoms with Crippen LogP contribution in [0.1, 0.15) is 30.4 Å². The van der Waals surface area contributed by atoms with Crippen LogP contribution in [0.5, 0.6) is 0 Å². The highest BCUT2D eigenvalue weighted by atomic mass is 127. The van der Waals surface area contributed by atoms with Crippen LogP contribution in [-0.2, 0) is 12.8 Å². The van der Waals surface area contributed by atoms with E-state index < -0.39 is 11.6 Å². The third-order valence-corrected chi connectivity index (χ3v) is 4.42. The smallest absolute Gasteiger partial charge is 0.146 e. The Kier molecular flexibility index (Phi) is 5.26. The Morgan fingerprint density at radius 3 is 2.40 bits per heavy atom. The molecule has 1 heterocycles. The van der Waals surface area contributed by atoms with Crippen molar-refractivity contribution >= 4 is 34.2 Å². The zero-order valence-electron chi connectivity index (χ0n) is 10.8. The molecule has 0 unspecified atom stereocenters. The van der Waals surface area contributed by atoms with Crippen LogP contribution in [0.4, 0.5) is 8.78 Å². The minimum atomic E-state index is -0.606. The fourth-order valence-corrected chi connectivity index (χ4v) is 2.61. The maximum absolute atomic E-state index is 13.2. The number of rotatable bonds is 4. The van der Waals surface area contributed by atoms with Crippen molar-refractivity contribution in [1.29, 1.82) is 0 Å². The molecule has 0 saturated heterocycles. The Morgan fingerprint density at radius 2 is 1.80 bits per heavy atom. The molecular formula is C14H12ClF2IN2. The van der Waals surface area contributed by atoms with Crippen molar-refractivity contribution in [3.05, 3.63) is 55.6 Å². The van der Waals surface area contributed by atoms with Crippen molar-refractivity contribution in [3.63, 3.8) is 0 Å². The second-order valence-corrected chi connectivity index (χ2v) is 5.83. The molecule has 1 aromatic carbocycles. The van der Waals surface area contributed by atoms with Crippen LogP contribution in [-0.4, -0.2) is 9.97 Å². The minimum absolute atomic E-state index is 0.252. The first kappa shape index (κ1) is 15.6. The van der Waals surface area contributed by atoms with Crippen LogP contribution in [0, 0.1) is 15.2 Å². The Bertz CT molecular complexity index is 615. The van der Waals surface area contributed by atoms with E-state index in [1.165, 1.54) is 12.1 Å². The summed E-state index contributed by atoms with van der Waals surface area (Å²) >= 11 is 8.19. The van der Waals surface area contributed by atoms with Gasteiger partial charge in [-0.3, -0.25) is 0 Å². The predicted octanol–water partition coefficient (Wildman–Crippen LogP) is 4.56. The molecule has 106 valence electrons. The predicted molar refractivity (Wildman–Crippen MR) is 82.9 cm³/mol. The van der Waals surface area contributed by atoms with Crippen LogP contribution >= 0.6 is 34.2 Å². The van der Waals surface area contributed by atoms with E-state index in [1.807, 2.05) is 6.92 Å². The standard InChI is InChI=1S/C14H12ClF2IN2/c1-2-3-11-13(18)14(15)20-12(19-11)6-8-4-9(16)7-10(17)5-8/h4-5,7H,2-3,6H2,1H3. The van der Waals surface area contributed by atoms with Gasteiger partial charge in [0.2, 0.25) is 0 Å². The van der Waals surface area contributed by atoms with Gasteiger partial charge in [-0.15, -0.1) is 0 Å². The van der Waals surface area contributed by atoms with E-state index >= 15 is 0 Å². The summed E-state index contributed by atoms with van der Waals surface area (Å²) < 4.78 is 27.2. The summed E-state index contributed by atoms with van der Waals surface area (Å²) in [5.74, 6) is -0.736. The molecular weight excluding hydrogens is 397 g/mol. The Morgan fingerprint density at radius 1 is 1.15 bits per heavy atom. The third kappa shape index (κ3) is 3.85. The molecule has 0 aliphatic carbocycles. The number of aryl methyl sites for hydroxylation is 1. The Hall–Kier alpha value is -0.820. The SMILES string of the molecule is CCCc1nc(Cc2cc(F)cc(F)c2)nc(Cl)c1I. The van der Waals surface area contributed by atoms with E-state index in [4.69, 9.17) is 11.6 Å². The highest BCUT2D eigenvalue weighted by Gasteiger charge is 2.11. The van der Waals surface area contributed by atoms with Gasteiger partial charge in [-0.05, 0) is 46.7 Å². The topological polar surface area (TPSA) is 25.8 Å². The molecule has 2 nitrogen and oxygen atoms in total. The van der Waals surface area contributed by atoms with Gasteiger partial charge in [0.05, 0.1) is 9.26 Å². The van der Waals surface area contributed by atoms with Crippen molar-refractivity contribution in [2.45, 2.75) is 26.2 Å². The molecule has 2 aromatic rings. The maximum Gasteiger partial charge on any atom is 0.146 e. The lowest BCUT2D eigenvalue weighted by Crippen LogP contribution is -2.05. The zero-order valence-corrected chi connectivity index (χ0v) is 13.7. The van der Waals surface area contributed by atoms with Crippen molar-refractivity contribution in [3.8, 4) is 0 Å². The average molecular weight is 409 g/mol. The lowest BCUT2D eigenvalue weighted by molar-refractivity contribution is 0.580. The van der Waals surface area contributed by atoms with Crippen molar-refractivity contribution < 1.29 is 8.78 Å². The third-order valence-electron chi connectivity index (χ3n) is 2.70. The number of hydrogen-bond donors (Lipinski definition) is 0. The molecule has 20 heavy (non-hydrogen) atoms. The fraction of sp³-hybridized carbons (Fsp3) is 0.286. The van der Waals surface area contributed by atoms with Gasteiger partial charge in [-0.25, -0.2) is 18.7 Å². The molecule has 0 spiro atoms. The number of nitrogens with zero attached hydrogens (tertiary/aromatic N) is 2. The van der Waals surface area contributed by atoms with Crippen LogP contribution in [0.15, 0.2) is 18.2 Å². The van der Waals surface area contributed by atoms with Crippen LogP contribution < -0.4 is 0 Å². The summed E-state index contributed by atoms with van der Waals surface area (Å²) in [5, 5.41) is 0.385. The fourth-order valence-electron chi connectivity index (χ4n) is 1.89. The van der Waals surface area contributed by atoms with Crippen molar-refractivity contribution in [2.24, 2.45) is 0 Å². The van der Waals surface area contributed by atoms with E-state index in [2.05, 4.69) is 32.6 Å². The van der Waals surface area contributed by atoms with E-state index in [0.717, 1.165) is 28.2 Å². The summed E-state index contributed by atoms with van der Waals surface area (Å²) in [6.07, 6.45) is 1.99. The maximum atomic E-state index is 13.2. The number of hydrogen-bond acceptors (Lipinski definition) is 2. The molecule has 1 aromatic heterocycles. The summed E-state index contributed by atoms with van der Waals surface area (Å²) in [4.78, 5) is 8.60. The molecule has 6 heteroatoms. The monoisotopic (exact) mass is 408 g/mol. The van der Waals surface area contributed by atoms with Gasteiger partial charge < -0.3 is 0 Å². The Balaban J connectivity index is 2.33. The summed E-state index contributed by atoms with van der Waals surface area (Å²) in [7, 11) is 0. The molecule has 0 atom stereocenters. The molecule has 0 aliphatic rings. The number of aromatic nitrogens is 2. The highest BCUT2D eigenvalue weighted by molar-refractivity contribution is 14.1. The molecule has 0 saturated carbocycles. The largest absolute Gasteiger partial charge is 0.236 e. The number of benzene rings is 1. The summed E-state index contributed by atoms with van der Waals surface area (Å²) in [5.41, 5.74) is 1.36. The lowest BCUT2D eigenvalue weighted by atomic mass is 10.1. The number of halogens is 4. The highest BCUT2D eigenvalue weighted by Crippen LogP contribution is 2.21. The van der Waals surface area contributed by atoms with E-state index in [9.17, 15) is 8.78 Å². The molecule has 0 amide bonds.